The van der Waals surface area contributed by atoms with Crippen LogP contribution in [0.4, 0.5) is 5.69 Å². The molecule has 6 nitrogen and oxygen atoms in total. The van der Waals surface area contributed by atoms with Crippen LogP contribution in [-0.2, 0) is 9.53 Å². The minimum atomic E-state index is -0.526. The minimum Gasteiger partial charge on any atom is -0.465 e. The number of hydrogen-bond acceptors (Lipinski definition) is 5. The molecule has 0 aliphatic heterocycles. The van der Waals surface area contributed by atoms with Crippen LogP contribution in [0.3, 0.4) is 0 Å². The highest BCUT2D eigenvalue weighted by Gasteiger charge is 2.13. The first kappa shape index (κ1) is 17.1. The molecule has 0 saturated carbocycles. The van der Waals surface area contributed by atoms with Crippen molar-refractivity contribution in [2.45, 2.75) is 25.3 Å². The molecule has 0 aromatic heterocycles. The summed E-state index contributed by atoms with van der Waals surface area (Å²) in [6.07, 6.45) is 2.54. The molecule has 0 bridgehead atoms. The van der Waals surface area contributed by atoms with Gasteiger partial charge in [-0.2, -0.15) is 0 Å². The van der Waals surface area contributed by atoms with Crippen LogP contribution < -0.4 is 16.4 Å². The lowest BCUT2D eigenvalue weighted by Crippen LogP contribution is -2.35. The Morgan fingerprint density at radius 2 is 1.90 bits per heavy atom. The van der Waals surface area contributed by atoms with Crippen LogP contribution in [0.1, 0.15) is 29.6 Å². The van der Waals surface area contributed by atoms with E-state index < -0.39 is 12.0 Å². The first-order valence-corrected chi connectivity index (χ1v) is 6.98. The predicted molar refractivity (Wildman–Crippen MR) is 82.2 cm³/mol. The Morgan fingerprint density at radius 1 is 1.24 bits per heavy atom. The van der Waals surface area contributed by atoms with Gasteiger partial charge in [-0.05, 0) is 50.7 Å². The van der Waals surface area contributed by atoms with Crippen molar-refractivity contribution in [1.82, 2.24) is 5.32 Å². The highest BCUT2D eigenvalue weighted by atomic mass is 16.5. The average molecular weight is 293 g/mol. The number of anilines is 1. The Labute approximate surface area is 125 Å². The minimum absolute atomic E-state index is 0.217. The fraction of sp³-hybridized carbons (Fsp3) is 0.467. The summed E-state index contributed by atoms with van der Waals surface area (Å²) in [4.78, 5) is 23.2. The third-order valence-electron chi connectivity index (χ3n) is 3.10. The molecule has 0 aliphatic rings. The first-order chi connectivity index (χ1) is 10.1. The van der Waals surface area contributed by atoms with E-state index in [1.165, 1.54) is 7.11 Å². The summed E-state index contributed by atoms with van der Waals surface area (Å²) < 4.78 is 4.61. The third kappa shape index (κ3) is 5.93. The molecule has 1 amide bonds. The molecule has 0 spiro atoms. The zero-order valence-electron chi connectivity index (χ0n) is 12.5. The van der Waals surface area contributed by atoms with Gasteiger partial charge in [-0.3, -0.25) is 4.79 Å². The molecule has 0 heterocycles. The molecule has 1 atom stereocenters. The maximum atomic E-state index is 11.9. The van der Waals surface area contributed by atoms with Crippen LogP contribution in [0.15, 0.2) is 24.3 Å². The monoisotopic (exact) mass is 293 g/mol. The van der Waals surface area contributed by atoms with E-state index in [-0.39, 0.29) is 5.91 Å². The number of nitrogens with one attached hydrogen (secondary N) is 2. The second-order valence-corrected chi connectivity index (χ2v) is 4.76. The Kier molecular flexibility index (Phi) is 7.42. The summed E-state index contributed by atoms with van der Waals surface area (Å²) in [5.74, 6) is -0.626. The molecule has 0 fully saturated rings. The van der Waals surface area contributed by atoms with Crippen LogP contribution in [0, 0.1) is 0 Å². The van der Waals surface area contributed by atoms with Gasteiger partial charge in [-0.25, -0.2) is 4.79 Å². The van der Waals surface area contributed by atoms with E-state index in [2.05, 4.69) is 15.4 Å². The van der Waals surface area contributed by atoms with Gasteiger partial charge in [0.25, 0.3) is 0 Å². The fourth-order valence-electron chi connectivity index (χ4n) is 1.84. The van der Waals surface area contributed by atoms with Crippen LogP contribution in [0.25, 0.3) is 0 Å². The van der Waals surface area contributed by atoms with Gasteiger partial charge in [0, 0.05) is 5.69 Å². The largest absolute Gasteiger partial charge is 0.465 e. The maximum absolute atomic E-state index is 11.9. The van der Waals surface area contributed by atoms with Gasteiger partial charge in [0.15, 0.2) is 0 Å². The molecule has 0 saturated heterocycles. The molecule has 1 rings (SSSR count). The number of rotatable bonds is 8. The molecular formula is C15H23N3O3. The van der Waals surface area contributed by atoms with Crippen molar-refractivity contribution in [2.75, 3.05) is 26.0 Å². The Balaban J connectivity index is 2.45. The van der Waals surface area contributed by atoms with Crippen LogP contribution in [0.5, 0.6) is 0 Å². The van der Waals surface area contributed by atoms with E-state index in [1.807, 2.05) is 7.05 Å². The third-order valence-corrected chi connectivity index (χ3v) is 3.10. The van der Waals surface area contributed by atoms with Crippen LogP contribution in [0.2, 0.25) is 0 Å². The number of unbranched alkanes of at least 4 members (excludes halogenated alkanes) is 1. The predicted octanol–water partition coefficient (Wildman–Crippen LogP) is 1.13. The lowest BCUT2D eigenvalue weighted by molar-refractivity contribution is -0.117. The van der Waals surface area contributed by atoms with E-state index in [4.69, 9.17) is 5.73 Å². The number of ether oxygens (including phenoxy) is 1. The molecule has 116 valence electrons. The van der Waals surface area contributed by atoms with Gasteiger partial charge < -0.3 is 21.1 Å². The summed E-state index contributed by atoms with van der Waals surface area (Å²) in [5, 5.41) is 5.79. The molecule has 1 aromatic rings. The summed E-state index contributed by atoms with van der Waals surface area (Å²) in [6, 6.07) is 5.97. The molecule has 0 radical (unpaired) electrons. The average Bonchev–Trinajstić information content (AvgIpc) is 2.51. The van der Waals surface area contributed by atoms with Crippen LogP contribution in [-0.4, -0.2) is 38.6 Å². The number of nitrogens with two attached hydrogens (primary N) is 1. The van der Waals surface area contributed by atoms with Gasteiger partial charge in [0.1, 0.15) is 0 Å². The van der Waals surface area contributed by atoms with Crippen LogP contribution >= 0.6 is 0 Å². The number of carbonyl (C=O) groups excluding carboxylic acids is 2. The van der Waals surface area contributed by atoms with Crippen molar-refractivity contribution >= 4 is 17.6 Å². The van der Waals surface area contributed by atoms with Gasteiger partial charge in [-0.1, -0.05) is 6.42 Å². The van der Waals surface area contributed by atoms with Crippen molar-refractivity contribution in [3.8, 4) is 0 Å². The standard InChI is InChI=1S/C15H23N3O3/c1-17-10-4-3-5-13(16)14(19)18-12-8-6-11(7-9-12)15(20)21-2/h6-9,13,17H,3-5,10,16H2,1-2H3,(H,18,19)/t13-/m0/s1. The Hall–Kier alpha value is -1.92. The summed E-state index contributed by atoms with van der Waals surface area (Å²) in [7, 11) is 3.22. The van der Waals surface area contributed by atoms with E-state index >= 15 is 0 Å². The van der Waals surface area contributed by atoms with E-state index in [0.29, 0.717) is 17.7 Å². The zero-order valence-corrected chi connectivity index (χ0v) is 12.5. The zero-order chi connectivity index (χ0) is 15.7. The Morgan fingerprint density at radius 3 is 2.48 bits per heavy atom. The second kappa shape index (κ2) is 9.10. The fourth-order valence-corrected chi connectivity index (χ4v) is 1.84. The van der Waals surface area contributed by atoms with Crippen molar-refractivity contribution in [2.24, 2.45) is 5.73 Å². The van der Waals surface area contributed by atoms with Gasteiger partial charge in [0.2, 0.25) is 5.91 Å². The number of benzene rings is 1. The summed E-state index contributed by atoms with van der Waals surface area (Å²) in [6.45, 7) is 0.920. The highest BCUT2D eigenvalue weighted by Crippen LogP contribution is 2.11. The number of methoxy groups -OCH3 is 1. The van der Waals surface area contributed by atoms with Gasteiger partial charge in [-0.15, -0.1) is 0 Å². The van der Waals surface area contributed by atoms with Crippen molar-refractivity contribution in [3.63, 3.8) is 0 Å². The van der Waals surface area contributed by atoms with E-state index in [1.54, 1.807) is 24.3 Å². The smallest absolute Gasteiger partial charge is 0.337 e. The topological polar surface area (TPSA) is 93.5 Å². The first-order valence-electron chi connectivity index (χ1n) is 6.98. The quantitative estimate of drug-likeness (QED) is 0.493. The Bertz CT molecular complexity index is 460. The van der Waals surface area contributed by atoms with Gasteiger partial charge >= 0.3 is 5.97 Å². The normalized spacial score (nSPS) is 11.8. The van der Waals surface area contributed by atoms with Crippen molar-refractivity contribution in [1.29, 1.82) is 0 Å². The number of amides is 1. The van der Waals surface area contributed by atoms with Gasteiger partial charge in [0.05, 0.1) is 18.7 Å². The molecular weight excluding hydrogens is 270 g/mol. The highest BCUT2D eigenvalue weighted by molar-refractivity contribution is 5.95. The maximum Gasteiger partial charge on any atom is 0.337 e. The van der Waals surface area contributed by atoms with Crippen molar-refractivity contribution in [3.05, 3.63) is 29.8 Å². The molecule has 1 aromatic carbocycles. The SMILES string of the molecule is CNCCCC[C@H](N)C(=O)Nc1ccc(C(=O)OC)cc1. The lowest BCUT2D eigenvalue weighted by atomic mass is 10.1. The molecule has 0 unspecified atom stereocenters. The summed E-state index contributed by atoms with van der Waals surface area (Å²) >= 11 is 0. The molecule has 6 heteroatoms. The molecule has 0 aliphatic carbocycles. The lowest BCUT2D eigenvalue weighted by Gasteiger charge is -2.12. The molecule has 21 heavy (non-hydrogen) atoms. The second-order valence-electron chi connectivity index (χ2n) is 4.76. The van der Waals surface area contributed by atoms with E-state index in [0.717, 1.165) is 19.4 Å². The number of esters is 1. The molecule has 4 N–H and O–H groups in total. The summed E-state index contributed by atoms with van der Waals surface area (Å²) in [5.41, 5.74) is 6.89. The van der Waals surface area contributed by atoms with Crippen molar-refractivity contribution < 1.29 is 14.3 Å². The number of carbonyl (C=O) groups is 2. The number of hydrogen-bond donors (Lipinski definition) is 3. The van der Waals surface area contributed by atoms with E-state index in [9.17, 15) is 9.59 Å².